The summed E-state index contributed by atoms with van der Waals surface area (Å²) in [5, 5.41) is 13.8. The van der Waals surface area contributed by atoms with Gasteiger partial charge >= 0.3 is 0 Å². The maximum absolute atomic E-state index is 12.7. The molecule has 54 heavy (non-hydrogen) atoms. The summed E-state index contributed by atoms with van der Waals surface area (Å²) in [4.78, 5) is 12.7. The van der Waals surface area contributed by atoms with Crippen LogP contribution in [0.3, 0.4) is 0 Å². The second kappa shape index (κ2) is 30.8. The fraction of sp³-hybridized carbons (Fsp3) is 0.327. The van der Waals surface area contributed by atoms with Gasteiger partial charge in [-0.15, -0.1) is 26.3 Å². The largest absolute Gasteiger partial charge is 0.391 e. The number of carbonyl (C=O) groups excluding carboxylic acids is 1. The molecule has 1 amide bonds. The van der Waals surface area contributed by atoms with Gasteiger partial charge in [0.15, 0.2) is 6.29 Å². The molecule has 1 aliphatic heterocycles. The molecule has 266 valence electrons. The Labute approximate surface area is 323 Å². The number of ether oxygens (including phenoxy) is 2. The van der Waals surface area contributed by atoms with Crippen LogP contribution in [-0.2, 0) is 14.3 Å². The van der Waals surface area contributed by atoms with Crippen LogP contribution in [0.25, 0.3) is 0 Å². The first kappa shape index (κ1) is 45.1. The number of hydrogen-bond acceptors (Lipinski definition) is 4. The lowest BCUT2D eigenvalue weighted by Crippen LogP contribution is -2.50. The van der Waals surface area contributed by atoms with Gasteiger partial charge in [0, 0.05) is 53.3 Å². The molecular formula is C49H41NO4. The number of amides is 1. The molecule has 0 radical (unpaired) electrons. The van der Waals surface area contributed by atoms with E-state index in [-0.39, 0.29) is 30.5 Å². The Morgan fingerprint density at radius 2 is 1.15 bits per heavy atom. The van der Waals surface area contributed by atoms with Gasteiger partial charge in [-0.3, -0.25) is 4.79 Å². The number of aliphatic hydroxyl groups is 1. The third-order valence-electron chi connectivity index (χ3n) is 7.34. The fourth-order valence-electron chi connectivity index (χ4n) is 4.87. The predicted molar refractivity (Wildman–Crippen MR) is 216 cm³/mol. The van der Waals surface area contributed by atoms with E-state index < -0.39 is 24.3 Å². The van der Waals surface area contributed by atoms with Crippen molar-refractivity contribution >= 4 is 5.91 Å². The molecule has 1 fully saturated rings. The van der Waals surface area contributed by atoms with Crippen LogP contribution in [0.1, 0.15) is 52.4 Å². The van der Waals surface area contributed by atoms with Crippen LogP contribution in [0.15, 0.2) is 50.6 Å². The van der Waals surface area contributed by atoms with Gasteiger partial charge in [0.05, 0.1) is 24.9 Å². The van der Waals surface area contributed by atoms with Crippen LogP contribution in [0.4, 0.5) is 0 Å². The van der Waals surface area contributed by atoms with Crippen molar-refractivity contribution < 1.29 is 19.4 Å². The van der Waals surface area contributed by atoms with E-state index in [4.69, 9.17) is 9.47 Å². The molecule has 0 bridgehead atoms. The first-order chi connectivity index (χ1) is 26.5. The lowest BCUT2D eigenvalue weighted by atomic mass is 9.75. The van der Waals surface area contributed by atoms with Crippen molar-refractivity contribution in [1.29, 1.82) is 0 Å². The Kier molecular flexibility index (Phi) is 25.7. The zero-order chi connectivity index (χ0) is 39.5. The Balaban J connectivity index is 2.83. The van der Waals surface area contributed by atoms with Gasteiger partial charge in [0.1, 0.15) is 0 Å². The number of carbonyl (C=O) groups is 1. The highest BCUT2D eigenvalue weighted by Gasteiger charge is 2.42. The van der Waals surface area contributed by atoms with E-state index in [1.165, 1.54) is 0 Å². The highest BCUT2D eigenvalue weighted by molar-refractivity contribution is 5.94. The molecule has 2 unspecified atom stereocenters. The van der Waals surface area contributed by atoms with E-state index >= 15 is 0 Å². The topological polar surface area (TPSA) is 67.8 Å². The lowest BCUT2D eigenvalue weighted by molar-refractivity contribution is -0.236. The number of hydrogen-bond donors (Lipinski definition) is 2. The van der Waals surface area contributed by atoms with E-state index in [1.54, 1.807) is 19.1 Å². The second-order valence-electron chi connectivity index (χ2n) is 11.0. The zero-order valence-electron chi connectivity index (χ0n) is 30.8. The quantitative estimate of drug-likeness (QED) is 0.149. The molecule has 0 spiro atoms. The van der Waals surface area contributed by atoms with Gasteiger partial charge in [-0.25, -0.2) is 0 Å². The monoisotopic (exact) mass is 707 g/mol. The van der Waals surface area contributed by atoms with Crippen molar-refractivity contribution in [1.82, 2.24) is 5.32 Å². The molecule has 7 atom stereocenters. The fourth-order valence-corrected chi connectivity index (χ4v) is 4.87. The summed E-state index contributed by atoms with van der Waals surface area (Å²) < 4.78 is 12.5. The van der Waals surface area contributed by atoms with E-state index in [9.17, 15) is 9.90 Å². The minimum atomic E-state index is -0.861. The molecule has 1 heterocycles. The smallest absolute Gasteiger partial charge is 0.297 e. The number of allylic oxidation sites excluding steroid dienone is 1. The summed E-state index contributed by atoms with van der Waals surface area (Å²) >= 11 is 0. The molecular weight excluding hydrogens is 667 g/mol. The summed E-state index contributed by atoms with van der Waals surface area (Å²) in [5.41, 5.74) is 0. The highest BCUT2D eigenvalue weighted by atomic mass is 16.7. The number of aliphatic hydroxyl groups excluding tert-OH is 1. The van der Waals surface area contributed by atoms with E-state index in [0.29, 0.717) is 12.8 Å². The van der Waals surface area contributed by atoms with E-state index in [0.717, 1.165) is 25.7 Å². The number of unbranched alkanes of at least 4 members (excludes halogenated alkanes) is 3. The van der Waals surface area contributed by atoms with Crippen LogP contribution in [0.5, 0.6) is 0 Å². The molecule has 0 aliphatic carbocycles. The average Bonchev–Trinajstić information content (AvgIpc) is 3.17. The normalized spacial score (nSPS) is 17.4. The Morgan fingerprint density at radius 3 is 1.57 bits per heavy atom. The molecule has 1 rings (SSSR count). The minimum Gasteiger partial charge on any atom is -0.391 e. The lowest BCUT2D eigenvalue weighted by Gasteiger charge is -2.44. The molecule has 0 aromatic carbocycles. The van der Waals surface area contributed by atoms with Crippen molar-refractivity contribution in [3.63, 3.8) is 0 Å². The predicted octanol–water partition coefficient (Wildman–Crippen LogP) is 4.59. The molecule has 5 nitrogen and oxygen atoms in total. The molecule has 1 saturated heterocycles. The van der Waals surface area contributed by atoms with Gasteiger partial charge in [-0.05, 0) is 120 Å². The van der Waals surface area contributed by atoms with Crippen LogP contribution in [-0.4, -0.2) is 42.2 Å². The van der Waals surface area contributed by atoms with Gasteiger partial charge in [-0.2, -0.15) is 0 Å². The van der Waals surface area contributed by atoms with Gasteiger partial charge in [-0.1, -0.05) is 62.8 Å². The summed E-state index contributed by atoms with van der Waals surface area (Å²) in [6, 6.07) is -0.738. The highest BCUT2D eigenvalue weighted by Crippen LogP contribution is 2.39. The minimum absolute atomic E-state index is 0.000300. The van der Waals surface area contributed by atoms with E-state index in [2.05, 4.69) is 181 Å². The summed E-state index contributed by atoms with van der Waals surface area (Å²) in [6.07, 6.45) is 10.5. The number of rotatable bonds is 15. The SMILES string of the molecule is C=CCC1O[C@@H](OC[C@H](NC(=O)C#CC#CC#CC#CC#CC#CC#CC#CC#CC#CC#CC#CC)[C@H](O)CCCCCC)C(C=C)[C@@H](C=C)[C@H]1C=C. The van der Waals surface area contributed by atoms with Crippen molar-refractivity contribution in [2.45, 2.75) is 76.9 Å². The van der Waals surface area contributed by atoms with Gasteiger partial charge in [0.25, 0.3) is 5.91 Å². The molecule has 2 N–H and O–H groups in total. The van der Waals surface area contributed by atoms with Crippen molar-refractivity contribution in [3.05, 3.63) is 50.6 Å². The van der Waals surface area contributed by atoms with E-state index in [1.807, 2.05) is 12.2 Å². The van der Waals surface area contributed by atoms with Crippen molar-refractivity contribution in [2.75, 3.05) is 6.61 Å². The zero-order valence-corrected chi connectivity index (χ0v) is 30.8. The van der Waals surface area contributed by atoms with Crippen molar-refractivity contribution in [2.24, 2.45) is 17.8 Å². The van der Waals surface area contributed by atoms with Crippen LogP contribution in [0, 0.1) is 160 Å². The average molecular weight is 708 g/mol. The molecule has 5 heteroatoms. The van der Waals surface area contributed by atoms with Crippen LogP contribution < -0.4 is 5.32 Å². The molecule has 0 aromatic heterocycles. The molecule has 0 saturated carbocycles. The first-order valence-electron chi connectivity index (χ1n) is 17.1. The third kappa shape index (κ3) is 20.0. The third-order valence-corrected chi connectivity index (χ3v) is 7.34. The Bertz CT molecular complexity index is 2130. The summed E-state index contributed by atoms with van der Waals surface area (Å²) in [7, 11) is 0. The first-order valence-corrected chi connectivity index (χ1v) is 17.1. The maximum Gasteiger partial charge on any atom is 0.297 e. The maximum atomic E-state index is 12.7. The summed E-state index contributed by atoms with van der Waals surface area (Å²) in [6.45, 7) is 19.6. The van der Waals surface area contributed by atoms with Crippen LogP contribution in [0.2, 0.25) is 0 Å². The second-order valence-corrected chi connectivity index (χ2v) is 11.0. The molecule has 1 aliphatic rings. The number of nitrogens with one attached hydrogen (secondary N) is 1. The van der Waals surface area contributed by atoms with Crippen molar-refractivity contribution in [3.8, 4) is 142 Å². The Morgan fingerprint density at radius 1 is 0.685 bits per heavy atom. The Hall–Kier alpha value is -6.97. The van der Waals surface area contributed by atoms with Gasteiger partial charge in [0.2, 0.25) is 0 Å². The van der Waals surface area contributed by atoms with Gasteiger partial charge < -0.3 is 19.9 Å². The summed E-state index contributed by atoms with van der Waals surface area (Å²) in [5.74, 6) is 59.5. The molecule has 0 aromatic rings. The van der Waals surface area contributed by atoms with Crippen LogP contribution >= 0.6 is 0 Å². The standard InChI is InChI=1S/C49H41NO4/c1-7-13-15-17-18-19-20-21-22-23-24-25-26-27-28-29-30-31-32-33-34-35-37-40-48(52)50-45(46(51)39-36-16-14-8-2)41-53-49-44(12-6)42(10-4)43(11-5)47(54-49)38-9-3/h9-12,42-47,49,51H,3-6,8,14,16,36,38-39,41H2,1-2H3,(H,50,52)/t42-,43+,44?,45-,46+,47?,49+/m0/s1.